The highest BCUT2D eigenvalue weighted by atomic mass is 16.4. The number of benzene rings is 1. The van der Waals surface area contributed by atoms with Crippen LogP contribution < -0.4 is 5.32 Å². The molecule has 0 aliphatic heterocycles. The van der Waals surface area contributed by atoms with Crippen LogP contribution >= 0.6 is 0 Å². The van der Waals surface area contributed by atoms with E-state index in [1.54, 1.807) is 0 Å². The maximum absolute atomic E-state index is 11.3. The van der Waals surface area contributed by atoms with Crippen molar-refractivity contribution in [2.24, 2.45) is 11.8 Å². The largest absolute Gasteiger partial charge is 0.481 e. The molecule has 0 radical (unpaired) electrons. The fourth-order valence-electron chi connectivity index (χ4n) is 3.76. The normalized spacial score (nSPS) is 28.5. The van der Waals surface area contributed by atoms with E-state index in [2.05, 4.69) is 29.6 Å². The third-order valence-corrected chi connectivity index (χ3v) is 4.98. The van der Waals surface area contributed by atoms with Gasteiger partial charge in [-0.2, -0.15) is 0 Å². The minimum absolute atomic E-state index is 0.134. The maximum Gasteiger partial charge on any atom is 0.306 e. The fraction of sp³-hybridized carbons (Fsp3) is 0.588. The molecule has 0 heterocycles. The number of fused-ring (bicyclic) bond motifs is 1. The Labute approximate surface area is 120 Å². The van der Waals surface area contributed by atoms with Crippen LogP contribution in [0.2, 0.25) is 0 Å². The van der Waals surface area contributed by atoms with Crippen LogP contribution in [0.5, 0.6) is 0 Å². The van der Waals surface area contributed by atoms with Gasteiger partial charge in [0.15, 0.2) is 0 Å². The van der Waals surface area contributed by atoms with Crippen LogP contribution in [0.25, 0.3) is 0 Å². The van der Waals surface area contributed by atoms with Gasteiger partial charge >= 0.3 is 5.97 Å². The van der Waals surface area contributed by atoms with Gasteiger partial charge in [-0.3, -0.25) is 4.79 Å². The molecule has 2 aliphatic carbocycles. The van der Waals surface area contributed by atoms with E-state index in [0.29, 0.717) is 11.8 Å². The van der Waals surface area contributed by atoms with E-state index in [0.717, 1.165) is 38.8 Å². The molecule has 3 atom stereocenters. The van der Waals surface area contributed by atoms with E-state index in [1.165, 1.54) is 17.5 Å². The number of hydrogen-bond donors (Lipinski definition) is 2. The lowest BCUT2D eigenvalue weighted by Crippen LogP contribution is -2.37. The van der Waals surface area contributed by atoms with Crippen LogP contribution in [-0.2, 0) is 11.2 Å². The number of carboxylic acids is 1. The molecule has 2 aliphatic rings. The zero-order valence-electron chi connectivity index (χ0n) is 11.8. The predicted octanol–water partition coefficient (Wildman–Crippen LogP) is 2.81. The van der Waals surface area contributed by atoms with Gasteiger partial charge in [-0.1, -0.05) is 37.1 Å². The summed E-state index contributed by atoms with van der Waals surface area (Å²) < 4.78 is 0. The molecule has 20 heavy (non-hydrogen) atoms. The SMILES string of the molecule is O=C(O)C1CCCCC1CNCC1Cc2ccccc21. The van der Waals surface area contributed by atoms with E-state index in [9.17, 15) is 9.90 Å². The summed E-state index contributed by atoms with van der Waals surface area (Å²) in [6.45, 7) is 1.84. The molecule has 1 aromatic rings. The highest BCUT2D eigenvalue weighted by Crippen LogP contribution is 2.34. The first-order valence-electron chi connectivity index (χ1n) is 7.77. The number of aliphatic carboxylic acids is 1. The third-order valence-electron chi connectivity index (χ3n) is 4.98. The van der Waals surface area contributed by atoms with Crippen molar-refractivity contribution in [3.05, 3.63) is 35.4 Å². The van der Waals surface area contributed by atoms with Crippen LogP contribution in [-0.4, -0.2) is 24.2 Å². The van der Waals surface area contributed by atoms with Crippen molar-refractivity contribution in [3.8, 4) is 0 Å². The molecule has 3 heteroatoms. The van der Waals surface area contributed by atoms with Gasteiger partial charge < -0.3 is 10.4 Å². The Morgan fingerprint density at radius 1 is 1.20 bits per heavy atom. The van der Waals surface area contributed by atoms with Crippen molar-refractivity contribution in [1.82, 2.24) is 5.32 Å². The Balaban J connectivity index is 1.47. The fourth-order valence-corrected chi connectivity index (χ4v) is 3.76. The molecule has 0 aromatic heterocycles. The van der Waals surface area contributed by atoms with Crippen LogP contribution in [0.3, 0.4) is 0 Å². The van der Waals surface area contributed by atoms with Crippen molar-refractivity contribution >= 4 is 5.97 Å². The summed E-state index contributed by atoms with van der Waals surface area (Å²) in [5, 5.41) is 12.8. The Kier molecular flexibility index (Phi) is 4.06. The summed E-state index contributed by atoms with van der Waals surface area (Å²) in [5.74, 6) is 0.199. The first-order chi connectivity index (χ1) is 9.75. The molecule has 3 nitrogen and oxygen atoms in total. The standard InChI is InChI=1S/C17H23NO2/c19-17(20)16-8-4-2-6-13(16)10-18-11-14-9-12-5-1-3-7-15(12)14/h1,3,5,7,13-14,16,18H,2,4,6,8-11H2,(H,19,20). The average molecular weight is 273 g/mol. The van der Waals surface area contributed by atoms with E-state index < -0.39 is 5.97 Å². The second-order valence-corrected chi connectivity index (χ2v) is 6.25. The zero-order valence-corrected chi connectivity index (χ0v) is 11.8. The number of carbonyl (C=O) groups is 1. The van der Waals surface area contributed by atoms with Crippen molar-refractivity contribution < 1.29 is 9.90 Å². The molecule has 0 amide bonds. The second-order valence-electron chi connectivity index (χ2n) is 6.25. The van der Waals surface area contributed by atoms with Gasteiger partial charge in [0.25, 0.3) is 0 Å². The molecule has 2 N–H and O–H groups in total. The van der Waals surface area contributed by atoms with Crippen LogP contribution in [0.15, 0.2) is 24.3 Å². The van der Waals surface area contributed by atoms with Crippen molar-refractivity contribution in [1.29, 1.82) is 0 Å². The van der Waals surface area contributed by atoms with Gasteiger partial charge in [0.05, 0.1) is 5.92 Å². The Bertz CT molecular complexity index is 486. The third kappa shape index (κ3) is 2.73. The highest BCUT2D eigenvalue weighted by molar-refractivity contribution is 5.70. The summed E-state index contributed by atoms with van der Waals surface area (Å²) in [6, 6.07) is 8.62. The number of nitrogens with one attached hydrogen (secondary N) is 1. The van der Waals surface area contributed by atoms with Crippen molar-refractivity contribution in [3.63, 3.8) is 0 Å². The lowest BCUT2D eigenvalue weighted by Gasteiger charge is -2.32. The first-order valence-corrected chi connectivity index (χ1v) is 7.77. The van der Waals surface area contributed by atoms with Gasteiger partial charge in [-0.25, -0.2) is 0 Å². The van der Waals surface area contributed by atoms with E-state index in [1.807, 2.05) is 0 Å². The van der Waals surface area contributed by atoms with Gasteiger partial charge in [-0.15, -0.1) is 0 Å². The molecular weight excluding hydrogens is 250 g/mol. The molecule has 0 saturated heterocycles. The van der Waals surface area contributed by atoms with Gasteiger partial charge in [-0.05, 0) is 42.9 Å². The number of hydrogen-bond acceptors (Lipinski definition) is 2. The molecule has 0 bridgehead atoms. The first kappa shape index (κ1) is 13.6. The van der Waals surface area contributed by atoms with Crippen LogP contribution in [0, 0.1) is 11.8 Å². The summed E-state index contributed by atoms with van der Waals surface area (Å²) in [4.78, 5) is 11.3. The second kappa shape index (κ2) is 5.96. The highest BCUT2D eigenvalue weighted by Gasteiger charge is 2.31. The lowest BCUT2D eigenvalue weighted by molar-refractivity contribution is -0.144. The Morgan fingerprint density at radius 3 is 2.80 bits per heavy atom. The smallest absolute Gasteiger partial charge is 0.306 e. The summed E-state index contributed by atoms with van der Waals surface area (Å²) in [5.41, 5.74) is 2.94. The van der Waals surface area contributed by atoms with Crippen LogP contribution in [0.4, 0.5) is 0 Å². The number of rotatable bonds is 5. The molecule has 1 saturated carbocycles. The minimum Gasteiger partial charge on any atom is -0.481 e. The monoisotopic (exact) mass is 273 g/mol. The molecule has 1 aromatic carbocycles. The number of carboxylic acid groups (broad SMARTS) is 1. The van der Waals surface area contributed by atoms with Crippen LogP contribution in [0.1, 0.15) is 42.7 Å². The molecule has 3 unspecified atom stereocenters. The average Bonchev–Trinajstić information content (AvgIpc) is 2.44. The van der Waals surface area contributed by atoms with E-state index in [-0.39, 0.29) is 5.92 Å². The predicted molar refractivity (Wildman–Crippen MR) is 78.8 cm³/mol. The van der Waals surface area contributed by atoms with Gasteiger partial charge in [0.1, 0.15) is 0 Å². The maximum atomic E-state index is 11.3. The van der Waals surface area contributed by atoms with E-state index in [4.69, 9.17) is 0 Å². The lowest BCUT2D eigenvalue weighted by atomic mass is 9.77. The molecular formula is C17H23NO2. The Morgan fingerprint density at radius 2 is 2.00 bits per heavy atom. The molecule has 0 spiro atoms. The quantitative estimate of drug-likeness (QED) is 0.867. The van der Waals surface area contributed by atoms with Gasteiger partial charge in [0, 0.05) is 12.5 Å². The van der Waals surface area contributed by atoms with Gasteiger partial charge in [0.2, 0.25) is 0 Å². The molecule has 108 valence electrons. The zero-order chi connectivity index (χ0) is 13.9. The Hall–Kier alpha value is -1.35. The summed E-state index contributed by atoms with van der Waals surface area (Å²) in [7, 11) is 0. The molecule has 3 rings (SSSR count). The summed E-state index contributed by atoms with van der Waals surface area (Å²) in [6.07, 6.45) is 5.33. The van der Waals surface area contributed by atoms with E-state index >= 15 is 0 Å². The summed E-state index contributed by atoms with van der Waals surface area (Å²) >= 11 is 0. The van der Waals surface area contributed by atoms with Crippen molar-refractivity contribution in [2.45, 2.75) is 38.0 Å². The van der Waals surface area contributed by atoms with Crippen molar-refractivity contribution in [2.75, 3.05) is 13.1 Å². The topological polar surface area (TPSA) is 49.3 Å². The molecule has 1 fully saturated rings. The minimum atomic E-state index is -0.606.